The summed E-state index contributed by atoms with van der Waals surface area (Å²) < 4.78 is 14.2. The van der Waals surface area contributed by atoms with Gasteiger partial charge in [0, 0.05) is 96.1 Å². The minimum atomic E-state index is -0.875. The van der Waals surface area contributed by atoms with Crippen LogP contribution in [0, 0.1) is 17.3 Å². The summed E-state index contributed by atoms with van der Waals surface area (Å²) in [4.78, 5) is 56.4. The standard InChI is InChI=1S/C45H53N7O5/c1-7-51-37-18-15-28-22-31(37)32(41(51)30-12-10-20-47-40(30)27(3)56-6)24-45(4,5)25-57-44(55)35-14-11-21-52(50-35)43(54)36(23-29-16-17-33(28)48-29)49-42(53)39-26(2)38(39)34-13-8-9-19-46-34/h8-10,12-13,15,17-20,22,26-27,35-36,38-39,50H,7,11,14,16,21,23-25H2,1-6H3,(H,49,53)/t26-,27+,35+,36+,38+,39-/m1/s1. The van der Waals surface area contributed by atoms with Gasteiger partial charge in [-0.25, -0.2) is 5.43 Å². The second-order valence-corrected chi connectivity index (χ2v) is 16.8. The Labute approximate surface area is 334 Å². The molecule has 8 rings (SSSR count). The molecule has 0 spiro atoms. The monoisotopic (exact) mass is 771 g/mol. The Morgan fingerprint density at radius 2 is 1.95 bits per heavy atom. The number of fused-ring (bicyclic) bond motifs is 5. The first-order chi connectivity index (χ1) is 27.5. The summed E-state index contributed by atoms with van der Waals surface area (Å²) in [5, 5.41) is 5.72. The molecular weight excluding hydrogens is 719 g/mol. The van der Waals surface area contributed by atoms with Gasteiger partial charge >= 0.3 is 5.97 Å². The second-order valence-electron chi connectivity index (χ2n) is 16.8. The molecule has 0 unspecified atom stereocenters. The number of carbonyl (C=O) groups is 3. The number of benzene rings is 1. The summed E-state index contributed by atoms with van der Waals surface area (Å²) in [7, 11) is 1.70. The maximum absolute atomic E-state index is 14.4. The molecule has 1 saturated carbocycles. The molecule has 2 fully saturated rings. The van der Waals surface area contributed by atoms with E-state index in [-0.39, 0.29) is 48.7 Å². The highest BCUT2D eigenvalue weighted by molar-refractivity contribution is 6.02. The van der Waals surface area contributed by atoms with E-state index in [1.165, 1.54) is 5.01 Å². The number of amides is 2. The van der Waals surface area contributed by atoms with Gasteiger partial charge in [-0.15, -0.1) is 0 Å². The topological polar surface area (TPSA) is 140 Å². The van der Waals surface area contributed by atoms with E-state index in [9.17, 15) is 14.4 Å². The lowest BCUT2D eigenvalue weighted by molar-refractivity contribution is -0.155. The normalized spacial score (nSPS) is 25.3. The minimum absolute atomic E-state index is 0.00913. The molecule has 1 saturated heterocycles. The molecular formula is C45H53N7O5. The van der Waals surface area contributed by atoms with Crippen molar-refractivity contribution in [2.45, 2.75) is 97.4 Å². The predicted octanol–water partition coefficient (Wildman–Crippen LogP) is 6.56. The Morgan fingerprint density at radius 3 is 2.72 bits per heavy atom. The summed E-state index contributed by atoms with van der Waals surface area (Å²) in [5.74, 6) is -1.07. The summed E-state index contributed by atoms with van der Waals surface area (Å²) >= 11 is 0. The van der Waals surface area contributed by atoms with Crippen molar-refractivity contribution in [3.63, 3.8) is 0 Å². The largest absolute Gasteiger partial charge is 0.464 e. The van der Waals surface area contributed by atoms with Gasteiger partial charge < -0.3 is 19.4 Å². The number of aromatic nitrogens is 3. The highest BCUT2D eigenvalue weighted by Gasteiger charge is 2.54. The minimum Gasteiger partial charge on any atom is -0.464 e. The number of hydrazine groups is 1. The fourth-order valence-electron chi connectivity index (χ4n) is 9.03. The first-order valence-corrected chi connectivity index (χ1v) is 20.3. The first-order valence-electron chi connectivity index (χ1n) is 20.3. The zero-order valence-corrected chi connectivity index (χ0v) is 33.7. The number of carbonyl (C=O) groups excluding carboxylic acids is 3. The fourth-order valence-corrected chi connectivity index (χ4v) is 9.03. The third kappa shape index (κ3) is 7.52. The third-order valence-electron chi connectivity index (χ3n) is 12.2. The van der Waals surface area contributed by atoms with Crippen LogP contribution in [-0.4, -0.2) is 75.4 Å². The number of nitrogens with zero attached hydrogens (tertiary/aromatic N) is 5. The first kappa shape index (κ1) is 38.7. The molecule has 298 valence electrons. The number of aliphatic imine (C=N–C) groups is 1. The van der Waals surface area contributed by atoms with E-state index in [0.717, 1.165) is 62.6 Å². The van der Waals surface area contributed by atoms with Crippen molar-refractivity contribution in [1.82, 2.24) is 30.3 Å². The molecule has 6 bridgehead atoms. The van der Waals surface area contributed by atoms with Gasteiger partial charge in [-0.05, 0) is 81.0 Å². The van der Waals surface area contributed by atoms with E-state index >= 15 is 0 Å². The Kier molecular flexibility index (Phi) is 10.6. The van der Waals surface area contributed by atoms with Crippen molar-refractivity contribution >= 4 is 40.1 Å². The Hall–Kier alpha value is -5.20. The molecule has 3 aromatic heterocycles. The van der Waals surface area contributed by atoms with Crippen LogP contribution in [0.15, 0.2) is 72.0 Å². The molecule has 2 amide bonds. The molecule has 4 aliphatic rings. The van der Waals surface area contributed by atoms with Crippen LogP contribution in [0.25, 0.3) is 27.9 Å². The number of ether oxygens (including phenoxy) is 2. The summed E-state index contributed by atoms with van der Waals surface area (Å²) in [6.45, 7) is 11.8. The van der Waals surface area contributed by atoms with Gasteiger partial charge in [-0.2, -0.15) is 0 Å². The zero-order valence-electron chi connectivity index (χ0n) is 33.7. The smallest absolute Gasteiger partial charge is 0.324 e. The average molecular weight is 772 g/mol. The molecule has 0 radical (unpaired) electrons. The molecule has 1 aromatic carbocycles. The lowest BCUT2D eigenvalue weighted by Crippen LogP contribution is -2.60. The van der Waals surface area contributed by atoms with Crippen molar-refractivity contribution in [1.29, 1.82) is 0 Å². The van der Waals surface area contributed by atoms with Gasteiger partial charge in [0.25, 0.3) is 5.91 Å². The number of methoxy groups -OCH3 is 1. The van der Waals surface area contributed by atoms with Crippen molar-refractivity contribution in [3.8, 4) is 11.3 Å². The van der Waals surface area contributed by atoms with Crippen LogP contribution in [0.4, 0.5) is 0 Å². The lowest BCUT2D eigenvalue weighted by Gasteiger charge is -2.35. The van der Waals surface area contributed by atoms with Gasteiger partial charge in [-0.3, -0.25) is 34.4 Å². The van der Waals surface area contributed by atoms with E-state index in [0.29, 0.717) is 32.2 Å². The number of pyridine rings is 2. The molecule has 12 heteroatoms. The van der Waals surface area contributed by atoms with Crippen molar-refractivity contribution in [2.75, 3.05) is 20.3 Å². The summed E-state index contributed by atoms with van der Waals surface area (Å²) in [6, 6.07) is 14.8. The van der Waals surface area contributed by atoms with Gasteiger partial charge in [0.1, 0.15) is 12.1 Å². The maximum Gasteiger partial charge on any atom is 0.324 e. The van der Waals surface area contributed by atoms with Crippen molar-refractivity contribution in [3.05, 3.63) is 89.5 Å². The number of nitrogens with one attached hydrogen (secondary N) is 2. The lowest BCUT2D eigenvalue weighted by atomic mass is 9.84. The average Bonchev–Trinajstić information content (AvgIpc) is 3.52. The van der Waals surface area contributed by atoms with E-state index in [2.05, 4.69) is 71.4 Å². The summed E-state index contributed by atoms with van der Waals surface area (Å²) in [6.07, 6.45) is 8.00. The molecule has 6 heterocycles. The van der Waals surface area contributed by atoms with E-state index in [1.807, 2.05) is 38.1 Å². The number of hydrogen-bond donors (Lipinski definition) is 2. The Bertz CT molecular complexity index is 2260. The highest BCUT2D eigenvalue weighted by Crippen LogP contribution is 2.53. The van der Waals surface area contributed by atoms with Crippen LogP contribution in [0.3, 0.4) is 0 Å². The number of aryl methyl sites for hydroxylation is 1. The number of allylic oxidation sites excluding steroid dienone is 1. The number of cyclic esters (lactones) is 1. The van der Waals surface area contributed by atoms with Gasteiger partial charge in [-0.1, -0.05) is 39.0 Å². The molecule has 1 aliphatic carbocycles. The molecule has 57 heavy (non-hydrogen) atoms. The number of rotatable bonds is 7. The zero-order chi connectivity index (χ0) is 40.0. The van der Waals surface area contributed by atoms with Crippen molar-refractivity contribution in [2.24, 2.45) is 22.2 Å². The van der Waals surface area contributed by atoms with E-state index < -0.39 is 23.5 Å². The summed E-state index contributed by atoms with van der Waals surface area (Å²) in [5.41, 5.74) is 11.4. The van der Waals surface area contributed by atoms with E-state index in [1.54, 1.807) is 19.5 Å². The number of esters is 1. The van der Waals surface area contributed by atoms with Gasteiger partial charge in [0.2, 0.25) is 5.91 Å². The van der Waals surface area contributed by atoms with E-state index in [4.69, 9.17) is 19.5 Å². The Balaban J connectivity index is 1.19. The van der Waals surface area contributed by atoms with Crippen LogP contribution in [0.5, 0.6) is 0 Å². The second kappa shape index (κ2) is 15.6. The Morgan fingerprint density at radius 1 is 1.12 bits per heavy atom. The molecule has 2 N–H and O–H groups in total. The molecule has 3 aliphatic heterocycles. The van der Waals surface area contributed by atoms with Crippen LogP contribution < -0.4 is 10.7 Å². The molecule has 12 nitrogen and oxygen atoms in total. The fraction of sp³-hybridized carbons (Fsp3) is 0.467. The highest BCUT2D eigenvalue weighted by atomic mass is 16.5. The van der Waals surface area contributed by atoms with Gasteiger partial charge in [0.05, 0.1) is 29.8 Å². The van der Waals surface area contributed by atoms with Crippen LogP contribution in [0.2, 0.25) is 0 Å². The third-order valence-corrected chi connectivity index (χ3v) is 12.2. The van der Waals surface area contributed by atoms with Gasteiger partial charge in [0.15, 0.2) is 0 Å². The van der Waals surface area contributed by atoms with Crippen LogP contribution in [0.1, 0.15) is 94.8 Å². The molecule has 4 aromatic rings. The van der Waals surface area contributed by atoms with Crippen LogP contribution >= 0.6 is 0 Å². The van der Waals surface area contributed by atoms with Crippen molar-refractivity contribution < 1.29 is 23.9 Å². The number of hydrogen-bond acceptors (Lipinski definition) is 9. The maximum atomic E-state index is 14.4. The SMILES string of the molecule is CCn1c(-c2cccnc2[C@H](C)OC)c2c3cc(ccc31)C1=CCC(=N1)C[C@H](NC(=O)[C@@H]1[C@H](C)[C@H]1c1ccccn1)C(=O)N1CCC[C@H](N1)C(=O)OCC(C)(C)C2. The molecule has 6 atom stereocenters. The van der Waals surface area contributed by atoms with Crippen LogP contribution in [-0.2, 0) is 36.8 Å². The quantitative estimate of drug-likeness (QED) is 0.202. The predicted molar refractivity (Wildman–Crippen MR) is 219 cm³/mol.